The fourth-order valence-electron chi connectivity index (χ4n) is 3.66. The first-order valence-electron chi connectivity index (χ1n) is 9.34. The molecule has 4 N–H and O–H groups in total. The van der Waals surface area contributed by atoms with Gasteiger partial charge in [-0.05, 0) is 42.7 Å². The number of nitrogens with two attached hydrogens (primary N) is 1. The number of benzene rings is 1. The van der Waals surface area contributed by atoms with Crippen LogP contribution in [0.4, 0.5) is 4.79 Å². The average Bonchev–Trinajstić information content (AvgIpc) is 2.59. The maximum Gasteiger partial charge on any atom is 0.318 e. The van der Waals surface area contributed by atoms with E-state index in [-0.39, 0.29) is 6.04 Å². The van der Waals surface area contributed by atoms with E-state index in [1.165, 1.54) is 37.7 Å². The van der Waals surface area contributed by atoms with Gasteiger partial charge in [-0.3, -0.25) is 15.4 Å². The molecule has 138 valence electrons. The van der Waals surface area contributed by atoms with Crippen molar-refractivity contribution in [3.8, 4) is 0 Å². The van der Waals surface area contributed by atoms with Crippen LogP contribution in [-0.2, 0) is 4.79 Å². The lowest BCUT2D eigenvalue weighted by atomic mass is 9.83. The number of nitrogens with one attached hydrogen (secondary N) is 2. The maximum absolute atomic E-state index is 11.9. The van der Waals surface area contributed by atoms with E-state index >= 15 is 0 Å². The molecular formula is C20H31N3O2. The zero-order valence-electron chi connectivity index (χ0n) is 15.5. The Labute approximate surface area is 150 Å². The highest BCUT2D eigenvalue weighted by Crippen LogP contribution is 2.33. The number of amides is 3. The predicted molar refractivity (Wildman–Crippen MR) is 100 cm³/mol. The van der Waals surface area contributed by atoms with E-state index in [4.69, 9.17) is 5.73 Å². The molecular weight excluding hydrogens is 314 g/mol. The Morgan fingerprint density at radius 2 is 1.64 bits per heavy atom. The van der Waals surface area contributed by atoms with Gasteiger partial charge in [-0.1, -0.05) is 57.4 Å². The van der Waals surface area contributed by atoms with E-state index in [2.05, 4.69) is 48.7 Å². The summed E-state index contributed by atoms with van der Waals surface area (Å²) in [6.07, 6.45) is 6.59. The Bertz CT molecular complexity index is 577. The molecule has 0 aromatic heterocycles. The third kappa shape index (κ3) is 5.56. The molecule has 1 aliphatic carbocycles. The van der Waals surface area contributed by atoms with E-state index in [0.717, 1.165) is 5.56 Å². The number of carbonyl (C=O) groups is 2. The van der Waals surface area contributed by atoms with Crippen molar-refractivity contribution in [2.45, 2.75) is 70.9 Å². The van der Waals surface area contributed by atoms with Crippen molar-refractivity contribution in [3.63, 3.8) is 0 Å². The standard InChI is InChI=1S/C20H31N3O2/c1-13(2)18(22-14(3)19(24)23-20(21)25)17-11-9-16(10-12-17)15-7-5-4-6-8-15/h9-15,18,22H,4-8H2,1-3H3,(H3,21,23,24,25)/t14-,18+/m0/s1. The summed E-state index contributed by atoms with van der Waals surface area (Å²) in [5.74, 6) is 0.592. The molecule has 3 amide bonds. The Hall–Kier alpha value is -1.88. The third-order valence-electron chi connectivity index (χ3n) is 5.11. The molecule has 25 heavy (non-hydrogen) atoms. The quantitative estimate of drug-likeness (QED) is 0.736. The normalized spacial score (nSPS) is 17.9. The summed E-state index contributed by atoms with van der Waals surface area (Å²) in [6, 6.07) is 7.51. The largest absolute Gasteiger partial charge is 0.351 e. The number of hydrogen-bond acceptors (Lipinski definition) is 3. The van der Waals surface area contributed by atoms with Crippen molar-refractivity contribution in [1.82, 2.24) is 10.6 Å². The van der Waals surface area contributed by atoms with E-state index in [0.29, 0.717) is 11.8 Å². The summed E-state index contributed by atoms with van der Waals surface area (Å²) in [5, 5.41) is 5.44. The zero-order valence-corrected chi connectivity index (χ0v) is 15.5. The summed E-state index contributed by atoms with van der Waals surface area (Å²) in [6.45, 7) is 5.97. The van der Waals surface area contributed by atoms with Gasteiger partial charge in [0.25, 0.3) is 0 Å². The number of carbonyl (C=O) groups excluding carboxylic acids is 2. The van der Waals surface area contributed by atoms with Crippen molar-refractivity contribution in [1.29, 1.82) is 0 Å². The lowest BCUT2D eigenvalue weighted by Gasteiger charge is -2.27. The van der Waals surface area contributed by atoms with Gasteiger partial charge in [-0.15, -0.1) is 0 Å². The van der Waals surface area contributed by atoms with Crippen LogP contribution >= 0.6 is 0 Å². The second-order valence-corrected chi connectivity index (χ2v) is 7.47. The topological polar surface area (TPSA) is 84.2 Å². The van der Waals surface area contributed by atoms with Crippen LogP contribution < -0.4 is 16.4 Å². The summed E-state index contributed by atoms with van der Waals surface area (Å²) in [5.41, 5.74) is 7.60. The molecule has 1 aromatic carbocycles. The number of urea groups is 1. The molecule has 0 aliphatic heterocycles. The van der Waals surface area contributed by atoms with Gasteiger partial charge in [0.1, 0.15) is 0 Å². The minimum Gasteiger partial charge on any atom is -0.351 e. The SMILES string of the molecule is CC(C)[C@@H](N[C@@H](C)C(=O)NC(N)=O)c1ccc(C2CCCCC2)cc1. The van der Waals surface area contributed by atoms with Gasteiger partial charge in [0, 0.05) is 6.04 Å². The Kier molecular flexibility index (Phi) is 7.00. The first-order valence-corrected chi connectivity index (χ1v) is 9.34. The Balaban J connectivity index is 2.06. The predicted octanol–water partition coefficient (Wildman–Crippen LogP) is 3.60. The molecule has 2 rings (SSSR count). The Morgan fingerprint density at radius 3 is 2.16 bits per heavy atom. The summed E-state index contributed by atoms with van der Waals surface area (Å²) in [7, 11) is 0. The van der Waals surface area contributed by atoms with Gasteiger partial charge in [0.2, 0.25) is 5.91 Å². The molecule has 5 nitrogen and oxygen atoms in total. The smallest absolute Gasteiger partial charge is 0.318 e. The molecule has 0 unspecified atom stereocenters. The minimum absolute atomic E-state index is 0.0361. The van der Waals surface area contributed by atoms with Crippen LogP contribution in [0.5, 0.6) is 0 Å². The Morgan fingerprint density at radius 1 is 1.04 bits per heavy atom. The van der Waals surface area contributed by atoms with Crippen molar-refractivity contribution < 1.29 is 9.59 Å². The second-order valence-electron chi connectivity index (χ2n) is 7.47. The summed E-state index contributed by atoms with van der Waals surface area (Å²) < 4.78 is 0. The molecule has 0 saturated heterocycles. The maximum atomic E-state index is 11.9. The van der Waals surface area contributed by atoms with Gasteiger partial charge in [0.15, 0.2) is 0 Å². The third-order valence-corrected chi connectivity index (χ3v) is 5.11. The van der Waals surface area contributed by atoms with Crippen LogP contribution in [0.1, 0.15) is 76.0 Å². The molecule has 1 saturated carbocycles. The number of primary amides is 1. The van der Waals surface area contributed by atoms with Crippen molar-refractivity contribution in [2.24, 2.45) is 11.7 Å². The van der Waals surface area contributed by atoms with Gasteiger partial charge < -0.3 is 5.73 Å². The molecule has 1 aliphatic rings. The fourth-order valence-corrected chi connectivity index (χ4v) is 3.66. The lowest BCUT2D eigenvalue weighted by Crippen LogP contribution is -2.48. The monoisotopic (exact) mass is 345 g/mol. The van der Waals surface area contributed by atoms with Gasteiger partial charge in [-0.2, -0.15) is 0 Å². The number of hydrogen-bond donors (Lipinski definition) is 3. The van der Waals surface area contributed by atoms with Crippen LogP contribution in [0.15, 0.2) is 24.3 Å². The molecule has 0 spiro atoms. The highest BCUT2D eigenvalue weighted by molar-refractivity contribution is 5.96. The molecule has 5 heteroatoms. The minimum atomic E-state index is -0.823. The van der Waals surface area contributed by atoms with Gasteiger partial charge >= 0.3 is 6.03 Å². The van der Waals surface area contributed by atoms with Crippen molar-refractivity contribution in [2.75, 3.05) is 0 Å². The first-order chi connectivity index (χ1) is 11.9. The van der Waals surface area contributed by atoms with E-state index < -0.39 is 18.0 Å². The zero-order chi connectivity index (χ0) is 18.4. The van der Waals surface area contributed by atoms with Crippen molar-refractivity contribution >= 4 is 11.9 Å². The van der Waals surface area contributed by atoms with Crippen LogP contribution in [0, 0.1) is 5.92 Å². The van der Waals surface area contributed by atoms with Gasteiger partial charge in [-0.25, -0.2) is 4.79 Å². The fraction of sp³-hybridized carbons (Fsp3) is 0.600. The molecule has 0 radical (unpaired) electrons. The van der Waals surface area contributed by atoms with Crippen LogP contribution in [0.2, 0.25) is 0 Å². The highest BCUT2D eigenvalue weighted by Gasteiger charge is 2.23. The first kappa shape index (κ1) is 19.4. The number of rotatable bonds is 6. The summed E-state index contributed by atoms with van der Waals surface area (Å²) >= 11 is 0. The summed E-state index contributed by atoms with van der Waals surface area (Å²) in [4.78, 5) is 22.8. The molecule has 2 atom stereocenters. The molecule has 1 fully saturated rings. The second kappa shape index (κ2) is 8.99. The molecule has 0 heterocycles. The van der Waals surface area contributed by atoms with Crippen molar-refractivity contribution in [3.05, 3.63) is 35.4 Å². The van der Waals surface area contributed by atoms with Crippen LogP contribution in [0.25, 0.3) is 0 Å². The molecule has 0 bridgehead atoms. The van der Waals surface area contributed by atoms with Crippen LogP contribution in [0.3, 0.4) is 0 Å². The average molecular weight is 345 g/mol. The van der Waals surface area contributed by atoms with Crippen LogP contribution in [-0.4, -0.2) is 18.0 Å². The highest BCUT2D eigenvalue weighted by atomic mass is 16.2. The van der Waals surface area contributed by atoms with E-state index in [1.54, 1.807) is 6.92 Å². The molecule has 1 aromatic rings. The van der Waals surface area contributed by atoms with E-state index in [1.807, 2.05) is 0 Å². The number of imide groups is 1. The van der Waals surface area contributed by atoms with E-state index in [9.17, 15) is 9.59 Å². The van der Waals surface area contributed by atoms with Gasteiger partial charge in [0.05, 0.1) is 6.04 Å². The lowest BCUT2D eigenvalue weighted by molar-refractivity contribution is -0.121.